The zero-order valence-corrected chi connectivity index (χ0v) is 12.4. The van der Waals surface area contributed by atoms with Crippen LogP contribution in [0.4, 0.5) is 10.7 Å². The maximum atomic E-state index is 12.1. The number of ether oxygens (including phenoxy) is 2. The summed E-state index contributed by atoms with van der Waals surface area (Å²) in [6.45, 7) is 3.71. The monoisotopic (exact) mass is 298 g/mol. The number of esters is 2. The molecule has 6 nitrogen and oxygen atoms in total. The van der Waals surface area contributed by atoms with Gasteiger partial charge in [-0.25, -0.2) is 9.59 Å². The number of methoxy groups -OCH3 is 1. The molecule has 2 rings (SSSR count). The van der Waals surface area contributed by atoms with Gasteiger partial charge >= 0.3 is 11.9 Å². The number of hydrogen-bond acceptors (Lipinski definition) is 7. The van der Waals surface area contributed by atoms with Crippen LogP contribution in [0.25, 0.3) is 0 Å². The van der Waals surface area contributed by atoms with Gasteiger partial charge in [0.05, 0.1) is 19.4 Å². The second kappa shape index (κ2) is 6.13. The van der Waals surface area contributed by atoms with Gasteiger partial charge in [0.2, 0.25) is 0 Å². The Hall–Kier alpha value is -1.76. The predicted octanol–water partition coefficient (Wildman–Crippen LogP) is 1.89. The minimum atomic E-state index is -0.525. The lowest BCUT2D eigenvalue weighted by Crippen LogP contribution is -2.20. The van der Waals surface area contributed by atoms with Gasteiger partial charge in [-0.05, 0) is 19.8 Å². The molecule has 1 aliphatic rings. The van der Waals surface area contributed by atoms with E-state index in [2.05, 4.69) is 4.90 Å². The fourth-order valence-electron chi connectivity index (χ4n) is 2.22. The predicted molar refractivity (Wildman–Crippen MR) is 77.5 cm³/mol. The third kappa shape index (κ3) is 2.58. The zero-order valence-electron chi connectivity index (χ0n) is 11.6. The van der Waals surface area contributed by atoms with Crippen molar-refractivity contribution >= 4 is 34.0 Å². The van der Waals surface area contributed by atoms with Crippen molar-refractivity contribution in [3.8, 4) is 0 Å². The smallest absolute Gasteiger partial charge is 0.350 e. The topological polar surface area (TPSA) is 81.9 Å². The molecular formula is C13H18N2O4S. The molecule has 0 aliphatic carbocycles. The minimum absolute atomic E-state index is 0.155. The summed E-state index contributed by atoms with van der Waals surface area (Å²) in [4.78, 5) is 26.2. The first-order valence-corrected chi connectivity index (χ1v) is 7.34. The van der Waals surface area contributed by atoms with Crippen LogP contribution in [0.1, 0.15) is 39.8 Å². The normalized spacial score (nSPS) is 14.4. The number of rotatable bonds is 4. The summed E-state index contributed by atoms with van der Waals surface area (Å²) in [7, 11) is 1.29. The van der Waals surface area contributed by atoms with Gasteiger partial charge in [-0.2, -0.15) is 0 Å². The molecule has 0 saturated carbocycles. The van der Waals surface area contributed by atoms with Crippen molar-refractivity contribution in [1.82, 2.24) is 0 Å². The van der Waals surface area contributed by atoms with E-state index in [4.69, 9.17) is 15.2 Å². The van der Waals surface area contributed by atoms with E-state index < -0.39 is 11.9 Å². The Balaban J connectivity index is 2.46. The molecule has 1 saturated heterocycles. The van der Waals surface area contributed by atoms with E-state index in [0.717, 1.165) is 25.9 Å². The van der Waals surface area contributed by atoms with Gasteiger partial charge in [-0.15, -0.1) is 11.3 Å². The van der Waals surface area contributed by atoms with E-state index in [9.17, 15) is 9.59 Å². The van der Waals surface area contributed by atoms with Crippen LogP contribution in [0.3, 0.4) is 0 Å². The van der Waals surface area contributed by atoms with Crippen LogP contribution >= 0.6 is 11.3 Å². The van der Waals surface area contributed by atoms with Crippen LogP contribution in [0.2, 0.25) is 0 Å². The summed E-state index contributed by atoms with van der Waals surface area (Å²) in [6, 6.07) is 0. The first-order chi connectivity index (χ1) is 9.60. The molecule has 0 spiro atoms. The average molecular weight is 298 g/mol. The number of nitrogens with zero attached hydrogens (tertiary/aromatic N) is 1. The van der Waals surface area contributed by atoms with Gasteiger partial charge in [0.15, 0.2) is 0 Å². The molecule has 0 radical (unpaired) electrons. The highest BCUT2D eigenvalue weighted by Gasteiger charge is 2.30. The van der Waals surface area contributed by atoms with Crippen molar-refractivity contribution in [3.63, 3.8) is 0 Å². The first-order valence-electron chi connectivity index (χ1n) is 6.52. The Morgan fingerprint density at radius 1 is 1.30 bits per heavy atom. The maximum Gasteiger partial charge on any atom is 0.350 e. The number of carbonyl (C=O) groups excluding carboxylic acids is 2. The molecule has 0 unspecified atom stereocenters. The largest absolute Gasteiger partial charge is 0.465 e. The van der Waals surface area contributed by atoms with Gasteiger partial charge in [0.1, 0.15) is 15.4 Å². The van der Waals surface area contributed by atoms with Crippen LogP contribution in [0.5, 0.6) is 0 Å². The van der Waals surface area contributed by atoms with Gasteiger partial charge in [0, 0.05) is 13.1 Å². The molecule has 0 bridgehead atoms. The molecule has 0 aromatic carbocycles. The molecule has 2 heterocycles. The van der Waals surface area contributed by atoms with Crippen molar-refractivity contribution in [2.24, 2.45) is 0 Å². The summed E-state index contributed by atoms with van der Waals surface area (Å²) in [5, 5.41) is 0.707. The highest BCUT2D eigenvalue weighted by Crippen LogP contribution is 2.40. The molecule has 2 N–H and O–H groups in total. The molecule has 1 aromatic rings. The molecule has 110 valence electrons. The van der Waals surface area contributed by atoms with Gasteiger partial charge in [0.25, 0.3) is 0 Å². The Kier molecular flexibility index (Phi) is 4.49. The van der Waals surface area contributed by atoms with Gasteiger partial charge in [-0.3, -0.25) is 0 Å². The Bertz CT molecular complexity index is 521. The number of nitrogens with two attached hydrogens (primary N) is 1. The highest BCUT2D eigenvalue weighted by molar-refractivity contribution is 7.19. The fraction of sp³-hybridized carbons (Fsp3) is 0.538. The van der Waals surface area contributed by atoms with Crippen molar-refractivity contribution in [1.29, 1.82) is 0 Å². The third-order valence-electron chi connectivity index (χ3n) is 3.17. The van der Waals surface area contributed by atoms with Crippen LogP contribution < -0.4 is 10.6 Å². The van der Waals surface area contributed by atoms with Crippen LogP contribution in [0.15, 0.2) is 0 Å². The van der Waals surface area contributed by atoms with Gasteiger partial charge in [-0.1, -0.05) is 0 Å². The number of carbonyl (C=O) groups is 2. The van der Waals surface area contributed by atoms with E-state index in [-0.39, 0.29) is 17.2 Å². The lowest BCUT2D eigenvalue weighted by molar-refractivity contribution is 0.0529. The number of thiophene rings is 1. The molecule has 0 amide bonds. The summed E-state index contributed by atoms with van der Waals surface area (Å²) in [5.74, 6) is -1.01. The molecular weight excluding hydrogens is 280 g/mol. The first kappa shape index (κ1) is 14.6. The molecule has 1 fully saturated rings. The van der Waals surface area contributed by atoms with Crippen LogP contribution in [-0.4, -0.2) is 38.7 Å². The van der Waals surface area contributed by atoms with Gasteiger partial charge < -0.3 is 20.1 Å². The number of nitrogen functional groups attached to an aromatic ring is 1. The van der Waals surface area contributed by atoms with E-state index in [1.165, 1.54) is 18.4 Å². The molecule has 1 aromatic heterocycles. The van der Waals surface area contributed by atoms with E-state index in [0.29, 0.717) is 10.6 Å². The maximum absolute atomic E-state index is 12.1. The highest BCUT2D eigenvalue weighted by atomic mass is 32.1. The van der Waals surface area contributed by atoms with Crippen molar-refractivity contribution < 1.29 is 19.1 Å². The quantitative estimate of drug-likeness (QED) is 0.855. The SMILES string of the molecule is CCOC(=O)c1c(N2CCCC2)sc(C(=O)OC)c1N. The lowest BCUT2D eigenvalue weighted by atomic mass is 10.2. The minimum Gasteiger partial charge on any atom is -0.465 e. The summed E-state index contributed by atoms with van der Waals surface area (Å²) < 4.78 is 9.75. The second-order valence-electron chi connectivity index (χ2n) is 4.43. The molecule has 1 aliphatic heterocycles. The van der Waals surface area contributed by atoms with Crippen LogP contribution in [0, 0.1) is 0 Å². The molecule has 20 heavy (non-hydrogen) atoms. The Morgan fingerprint density at radius 3 is 2.50 bits per heavy atom. The van der Waals surface area contributed by atoms with E-state index in [1.807, 2.05) is 0 Å². The standard InChI is InChI=1S/C13H18N2O4S/c1-3-19-12(16)8-9(14)10(13(17)18-2)20-11(8)15-6-4-5-7-15/h3-7,14H2,1-2H3. The Labute approximate surface area is 121 Å². The molecule has 7 heteroatoms. The average Bonchev–Trinajstić information content (AvgIpc) is 3.05. The summed E-state index contributed by atoms with van der Waals surface area (Å²) in [5.41, 5.74) is 6.41. The number of anilines is 2. The van der Waals surface area contributed by atoms with Crippen LogP contribution in [-0.2, 0) is 9.47 Å². The van der Waals surface area contributed by atoms with Crippen molar-refractivity contribution in [2.75, 3.05) is 37.4 Å². The lowest BCUT2D eigenvalue weighted by Gasteiger charge is -2.16. The summed E-state index contributed by atoms with van der Waals surface area (Å²) >= 11 is 1.20. The van der Waals surface area contributed by atoms with E-state index in [1.54, 1.807) is 6.92 Å². The fourth-order valence-corrected chi connectivity index (χ4v) is 3.40. The molecule has 0 atom stereocenters. The Morgan fingerprint density at radius 2 is 1.95 bits per heavy atom. The summed E-state index contributed by atoms with van der Waals surface area (Å²) in [6.07, 6.45) is 2.13. The van der Waals surface area contributed by atoms with E-state index >= 15 is 0 Å². The zero-order chi connectivity index (χ0) is 14.7. The third-order valence-corrected chi connectivity index (χ3v) is 4.42. The van der Waals surface area contributed by atoms with Crippen molar-refractivity contribution in [2.45, 2.75) is 19.8 Å². The van der Waals surface area contributed by atoms with Crippen molar-refractivity contribution in [3.05, 3.63) is 10.4 Å². The number of hydrogen-bond donors (Lipinski definition) is 1. The second-order valence-corrected chi connectivity index (χ2v) is 5.43.